The van der Waals surface area contributed by atoms with Gasteiger partial charge in [0.2, 0.25) is 0 Å². The highest BCUT2D eigenvalue weighted by molar-refractivity contribution is 5.68. The van der Waals surface area contributed by atoms with Crippen LogP contribution in [0.3, 0.4) is 0 Å². The quantitative estimate of drug-likeness (QED) is 0.154. The van der Waals surface area contributed by atoms with Crippen molar-refractivity contribution in [2.75, 3.05) is 11.9 Å². The van der Waals surface area contributed by atoms with Gasteiger partial charge in [-0.1, -0.05) is 182 Å². The molecular weight excluding hydrogens is 675 g/mol. The van der Waals surface area contributed by atoms with Gasteiger partial charge >= 0.3 is 0 Å². The highest BCUT2D eigenvalue weighted by Crippen LogP contribution is 2.66. The molecule has 0 aliphatic heterocycles. The molecule has 2 bridgehead atoms. The van der Waals surface area contributed by atoms with Crippen LogP contribution in [0.15, 0.2) is 137 Å². The van der Waals surface area contributed by atoms with Crippen LogP contribution in [0.4, 0.5) is 11.4 Å². The van der Waals surface area contributed by atoms with Gasteiger partial charge in [0, 0.05) is 23.8 Å². The Hall–Kier alpha value is -3.58. The lowest BCUT2D eigenvalue weighted by Crippen LogP contribution is -2.46. The normalized spacial score (nSPS) is 28.7. The van der Waals surface area contributed by atoms with Crippen LogP contribution < -0.4 is 4.90 Å². The maximum Gasteiger partial charge on any atom is 0.0449 e. The molecule has 1 nitrogen and oxygen atoms in total. The van der Waals surface area contributed by atoms with Crippen molar-refractivity contribution < 1.29 is 0 Å². The molecule has 5 aliphatic carbocycles. The van der Waals surface area contributed by atoms with Crippen LogP contribution >= 0.6 is 0 Å². The molecule has 56 heavy (non-hydrogen) atoms. The van der Waals surface area contributed by atoms with Gasteiger partial charge in [0.1, 0.15) is 0 Å². The summed E-state index contributed by atoms with van der Waals surface area (Å²) in [6.45, 7) is 24.9. The van der Waals surface area contributed by atoms with E-state index in [0.29, 0.717) is 35.5 Å². The molecule has 298 valence electrons. The second kappa shape index (κ2) is 16.0. The first-order valence-electron chi connectivity index (χ1n) is 22.4. The van der Waals surface area contributed by atoms with Crippen LogP contribution in [0.5, 0.6) is 0 Å². The molecule has 0 spiro atoms. The molecule has 2 aromatic rings. The predicted octanol–water partition coefficient (Wildman–Crippen LogP) is 15.5. The van der Waals surface area contributed by atoms with Crippen LogP contribution in [0.1, 0.15) is 126 Å². The van der Waals surface area contributed by atoms with Gasteiger partial charge < -0.3 is 4.90 Å². The van der Waals surface area contributed by atoms with Gasteiger partial charge in [-0.3, -0.25) is 0 Å². The fourth-order valence-corrected chi connectivity index (χ4v) is 12.0. The zero-order valence-corrected chi connectivity index (χ0v) is 37.0. The lowest BCUT2D eigenvalue weighted by molar-refractivity contribution is 0.0460. The van der Waals surface area contributed by atoms with E-state index in [9.17, 15) is 0 Å². The second-order valence-corrected chi connectivity index (χ2v) is 20.2. The van der Waals surface area contributed by atoms with Crippen molar-refractivity contribution in [1.82, 2.24) is 0 Å². The van der Waals surface area contributed by atoms with E-state index in [1.807, 2.05) is 0 Å². The summed E-state index contributed by atoms with van der Waals surface area (Å²) >= 11 is 0. The van der Waals surface area contributed by atoms with Crippen molar-refractivity contribution in [3.63, 3.8) is 0 Å². The molecule has 0 amide bonds. The Morgan fingerprint density at radius 2 is 1.68 bits per heavy atom. The smallest absolute Gasteiger partial charge is 0.0449 e. The summed E-state index contributed by atoms with van der Waals surface area (Å²) in [5.74, 6) is 4.30. The van der Waals surface area contributed by atoms with E-state index in [-0.39, 0.29) is 16.2 Å². The van der Waals surface area contributed by atoms with Gasteiger partial charge in [0.25, 0.3) is 0 Å². The van der Waals surface area contributed by atoms with E-state index in [1.54, 1.807) is 22.3 Å². The molecule has 2 aromatic carbocycles. The average molecular weight is 748 g/mol. The van der Waals surface area contributed by atoms with E-state index >= 15 is 0 Å². The van der Waals surface area contributed by atoms with Gasteiger partial charge in [0.15, 0.2) is 0 Å². The highest BCUT2D eigenvalue weighted by Gasteiger charge is 2.57. The lowest BCUT2D eigenvalue weighted by Gasteiger charge is -2.53. The highest BCUT2D eigenvalue weighted by atomic mass is 15.1. The fraction of sp³-hybridized carbons (Fsp3) is 0.527. The number of benzene rings is 2. The summed E-state index contributed by atoms with van der Waals surface area (Å²) in [6, 6.07) is 19.8. The molecule has 2 fully saturated rings. The molecule has 2 saturated carbocycles. The van der Waals surface area contributed by atoms with E-state index in [1.165, 1.54) is 66.6 Å². The standard InChI is InChI=1S/C55H73N/c1-12-37(3)32-39-26-28-40(29-27-39)33-41-34-50-46-36-45(44-22-19-24-47(44)54(50,7)8)48(55(9,10)51(46)35-41)31-30-42(13-2)38(4)53(5,6)49-23-17-18-25-52(49)56(11)43-20-15-14-16-21-43/h14-18,20-23,25-28,30-31,34-35,37,40,45-48,51H,12-13,19,24,29,32-33,36H2,1-11H3/b31-30-,42-38+. The third-order valence-electron chi connectivity index (χ3n) is 15.9. The number of fused-ring (bicyclic) bond motifs is 3. The Balaban J connectivity index is 1.23. The average Bonchev–Trinajstić information content (AvgIpc) is 3.68. The van der Waals surface area contributed by atoms with Crippen LogP contribution in [-0.2, 0) is 5.41 Å². The number of rotatable bonds is 12. The van der Waals surface area contributed by atoms with E-state index < -0.39 is 0 Å². The lowest BCUT2D eigenvalue weighted by atomic mass is 9.51. The number of allylic oxidation sites excluding steroid dienone is 14. The summed E-state index contributed by atoms with van der Waals surface area (Å²) in [5, 5.41) is 0. The number of anilines is 2. The monoisotopic (exact) mass is 748 g/mol. The predicted molar refractivity (Wildman–Crippen MR) is 243 cm³/mol. The SMILES string of the molecule is CCC(/C=C\C1C2CC3C(=CC(CC4C=CC(CC(C)CC)=CC4)=CC3C1(C)C)C(C)(C)C1CCC=C21)=C(/C)C(C)(C)c1ccccc1N(C)c1ccccc1. The van der Waals surface area contributed by atoms with Crippen molar-refractivity contribution in [3.05, 3.63) is 142 Å². The summed E-state index contributed by atoms with van der Waals surface area (Å²) in [7, 11) is 2.21. The number of nitrogens with zero attached hydrogens (tertiary/aromatic N) is 1. The summed E-state index contributed by atoms with van der Waals surface area (Å²) in [4.78, 5) is 2.35. The minimum absolute atomic E-state index is 0.133. The van der Waals surface area contributed by atoms with Gasteiger partial charge in [0.05, 0.1) is 0 Å². The molecule has 0 saturated heterocycles. The Kier molecular flexibility index (Phi) is 11.6. The molecular formula is C55H73N. The van der Waals surface area contributed by atoms with Crippen LogP contribution in [0.25, 0.3) is 0 Å². The first-order valence-corrected chi connectivity index (χ1v) is 22.4. The topological polar surface area (TPSA) is 3.24 Å². The molecule has 5 aliphatic rings. The maximum absolute atomic E-state index is 2.79. The first-order chi connectivity index (χ1) is 26.7. The molecule has 0 heterocycles. The van der Waals surface area contributed by atoms with Crippen molar-refractivity contribution in [3.8, 4) is 0 Å². The van der Waals surface area contributed by atoms with Crippen molar-refractivity contribution in [2.45, 2.75) is 126 Å². The van der Waals surface area contributed by atoms with Crippen molar-refractivity contribution >= 4 is 11.4 Å². The molecule has 0 aromatic heterocycles. The maximum atomic E-state index is 2.79. The summed E-state index contributed by atoms with van der Waals surface area (Å²) < 4.78 is 0. The van der Waals surface area contributed by atoms with Gasteiger partial charge in [-0.15, -0.1) is 0 Å². The van der Waals surface area contributed by atoms with Crippen LogP contribution in [0, 0.1) is 52.3 Å². The Morgan fingerprint density at radius 1 is 0.946 bits per heavy atom. The molecule has 0 N–H and O–H groups in total. The Bertz CT molecular complexity index is 1970. The molecule has 7 unspecified atom stereocenters. The van der Waals surface area contributed by atoms with Gasteiger partial charge in [-0.05, 0) is 133 Å². The first kappa shape index (κ1) is 40.6. The molecule has 7 rings (SSSR count). The second-order valence-electron chi connectivity index (χ2n) is 20.2. The number of hydrogen-bond donors (Lipinski definition) is 0. The third-order valence-corrected chi connectivity index (χ3v) is 15.9. The zero-order chi connectivity index (χ0) is 40.0. The largest absolute Gasteiger partial charge is 0.344 e. The van der Waals surface area contributed by atoms with Crippen molar-refractivity contribution in [1.29, 1.82) is 0 Å². The van der Waals surface area contributed by atoms with Gasteiger partial charge in [-0.2, -0.15) is 0 Å². The van der Waals surface area contributed by atoms with Gasteiger partial charge in [-0.25, -0.2) is 0 Å². The van der Waals surface area contributed by atoms with Crippen molar-refractivity contribution in [2.24, 2.45) is 52.3 Å². The van der Waals surface area contributed by atoms with E-state index in [0.717, 1.165) is 18.8 Å². The van der Waals surface area contributed by atoms with Crippen LogP contribution in [0.2, 0.25) is 0 Å². The van der Waals surface area contributed by atoms with E-state index in [2.05, 4.69) is 184 Å². The Morgan fingerprint density at radius 3 is 2.38 bits per heavy atom. The minimum atomic E-state index is -0.133. The van der Waals surface area contributed by atoms with E-state index in [4.69, 9.17) is 0 Å². The number of para-hydroxylation sites is 2. The van der Waals surface area contributed by atoms with Crippen LogP contribution in [-0.4, -0.2) is 7.05 Å². The fourth-order valence-electron chi connectivity index (χ4n) is 12.0. The Labute approximate surface area is 342 Å². The molecule has 0 radical (unpaired) electrons. The molecule has 7 atom stereocenters. The summed E-state index contributed by atoms with van der Waals surface area (Å²) in [5.41, 5.74) is 13.7. The molecule has 1 heteroatoms. The summed E-state index contributed by atoms with van der Waals surface area (Å²) in [6.07, 6.45) is 30.8. The minimum Gasteiger partial charge on any atom is -0.344 e. The number of hydrogen-bond acceptors (Lipinski definition) is 1. The third kappa shape index (κ3) is 7.47. The zero-order valence-electron chi connectivity index (χ0n) is 37.0.